The number of aromatic nitrogens is 1. The van der Waals surface area contributed by atoms with Crippen LogP contribution in [-0.2, 0) is 0 Å². The minimum atomic E-state index is -0.709. The van der Waals surface area contributed by atoms with Crippen molar-refractivity contribution in [1.29, 1.82) is 0 Å². The van der Waals surface area contributed by atoms with Crippen LogP contribution in [0.15, 0.2) is 22.8 Å². The van der Waals surface area contributed by atoms with E-state index in [9.17, 15) is 9.18 Å². The zero-order chi connectivity index (χ0) is 9.26. The van der Waals surface area contributed by atoms with Crippen LogP contribution in [0.3, 0.4) is 0 Å². The van der Waals surface area contributed by atoms with Gasteiger partial charge in [-0.3, -0.25) is 4.79 Å². The van der Waals surface area contributed by atoms with Gasteiger partial charge < -0.3 is 9.40 Å². The van der Waals surface area contributed by atoms with E-state index in [1.807, 2.05) is 0 Å². The van der Waals surface area contributed by atoms with Crippen LogP contribution in [0.1, 0.15) is 10.5 Å². The number of aromatic amines is 1. The fraction of sp³-hybridized carbons (Fsp3) is 0.125. The lowest BCUT2D eigenvalue weighted by Gasteiger charge is -1.90. The molecule has 0 amide bonds. The summed E-state index contributed by atoms with van der Waals surface area (Å²) in [5, 5.41) is -0.311. The van der Waals surface area contributed by atoms with Crippen LogP contribution < -0.4 is 0 Å². The number of carbonyl (C=O) groups excluding carboxylic acids is 1. The molecule has 5 heteroatoms. The highest BCUT2D eigenvalue weighted by atomic mass is 32.2. The quantitative estimate of drug-likeness (QED) is 0.808. The third-order valence-electron chi connectivity index (χ3n) is 1.65. The molecule has 68 valence electrons. The maximum atomic E-state index is 11.8. The zero-order valence-corrected chi connectivity index (χ0v) is 7.36. The second-order valence-corrected chi connectivity index (χ2v) is 3.30. The van der Waals surface area contributed by atoms with Crippen LogP contribution in [0, 0.1) is 0 Å². The van der Waals surface area contributed by atoms with E-state index in [0.717, 1.165) is 5.52 Å². The average molecular weight is 199 g/mol. The predicted molar refractivity (Wildman–Crippen MR) is 48.5 cm³/mol. The van der Waals surface area contributed by atoms with Gasteiger partial charge in [-0.2, -0.15) is 0 Å². The van der Waals surface area contributed by atoms with Crippen LogP contribution in [0.2, 0.25) is 0 Å². The second kappa shape index (κ2) is 3.26. The molecule has 0 aliphatic heterocycles. The number of H-pyrrole nitrogens is 1. The summed E-state index contributed by atoms with van der Waals surface area (Å²) in [6, 6.07) is 2.58. The largest absolute Gasteiger partial charge is 0.463 e. The van der Waals surface area contributed by atoms with Gasteiger partial charge in [-0.15, -0.1) is 0 Å². The second-order valence-electron chi connectivity index (χ2n) is 2.42. The molecule has 0 saturated carbocycles. The smallest absolute Gasteiger partial charge is 0.238 e. The monoisotopic (exact) mass is 199 g/mol. The Balaban J connectivity index is 2.34. The number of hydrogen-bond acceptors (Lipinski definition) is 3. The van der Waals surface area contributed by atoms with Gasteiger partial charge in [0, 0.05) is 12.1 Å². The van der Waals surface area contributed by atoms with Crippen molar-refractivity contribution in [3.8, 4) is 0 Å². The summed E-state index contributed by atoms with van der Waals surface area (Å²) in [4.78, 5) is 14.0. The highest BCUT2D eigenvalue weighted by Gasteiger charge is 2.10. The lowest BCUT2D eigenvalue weighted by atomic mass is 10.4. The first-order valence-corrected chi connectivity index (χ1v) is 4.59. The van der Waals surface area contributed by atoms with E-state index < -0.39 is 6.01 Å². The standard InChI is InChI=1S/C8H6FNO2S/c9-4-13-8(11)6-3-7-5(10-6)1-2-12-7/h1-3,10H,4H2. The molecule has 0 aromatic carbocycles. The molecule has 13 heavy (non-hydrogen) atoms. The Morgan fingerprint density at radius 3 is 3.23 bits per heavy atom. The van der Waals surface area contributed by atoms with Crippen LogP contribution >= 0.6 is 11.8 Å². The van der Waals surface area contributed by atoms with E-state index in [4.69, 9.17) is 4.42 Å². The number of fused-ring (bicyclic) bond motifs is 1. The molecule has 3 nitrogen and oxygen atoms in total. The third-order valence-corrected chi connectivity index (χ3v) is 2.24. The Bertz CT molecular complexity index is 405. The summed E-state index contributed by atoms with van der Waals surface area (Å²) in [6.07, 6.45) is 1.53. The number of rotatable bonds is 2. The average Bonchev–Trinajstić information content (AvgIpc) is 2.61. The first-order valence-electron chi connectivity index (χ1n) is 3.60. The van der Waals surface area contributed by atoms with E-state index in [-0.39, 0.29) is 5.12 Å². The number of carbonyl (C=O) groups is 1. The van der Waals surface area contributed by atoms with Crippen LogP contribution in [-0.4, -0.2) is 16.1 Å². The highest BCUT2D eigenvalue weighted by Crippen LogP contribution is 2.19. The lowest BCUT2D eigenvalue weighted by Crippen LogP contribution is -1.92. The van der Waals surface area contributed by atoms with Crippen LogP contribution in [0.5, 0.6) is 0 Å². The van der Waals surface area contributed by atoms with Crippen molar-refractivity contribution in [2.75, 3.05) is 6.01 Å². The first-order chi connectivity index (χ1) is 6.31. The van der Waals surface area contributed by atoms with Crippen molar-refractivity contribution in [3.05, 3.63) is 24.1 Å². The van der Waals surface area contributed by atoms with E-state index in [1.54, 1.807) is 12.1 Å². The van der Waals surface area contributed by atoms with Gasteiger partial charge in [-0.05, 0) is 11.8 Å². The summed E-state index contributed by atoms with van der Waals surface area (Å²) in [6.45, 7) is 0. The number of furan rings is 1. The molecule has 0 atom stereocenters. The summed E-state index contributed by atoms with van der Waals surface area (Å²) in [7, 11) is 0. The summed E-state index contributed by atoms with van der Waals surface area (Å²) >= 11 is 0.625. The number of thioether (sulfide) groups is 1. The number of hydrogen-bond donors (Lipinski definition) is 1. The third kappa shape index (κ3) is 1.47. The molecule has 0 fully saturated rings. The minimum absolute atomic E-state index is 0.311. The van der Waals surface area contributed by atoms with E-state index in [1.165, 1.54) is 6.26 Å². The van der Waals surface area contributed by atoms with Gasteiger partial charge >= 0.3 is 0 Å². The molecular formula is C8H6FNO2S. The molecule has 0 spiro atoms. The van der Waals surface area contributed by atoms with Gasteiger partial charge in [0.2, 0.25) is 5.12 Å². The Labute approximate surface area is 77.3 Å². The van der Waals surface area contributed by atoms with E-state index in [2.05, 4.69) is 4.98 Å². The molecule has 2 aromatic heterocycles. The van der Waals surface area contributed by atoms with Crippen molar-refractivity contribution in [2.45, 2.75) is 0 Å². The maximum Gasteiger partial charge on any atom is 0.238 e. The van der Waals surface area contributed by atoms with Crippen LogP contribution in [0.25, 0.3) is 11.1 Å². The van der Waals surface area contributed by atoms with Crippen molar-refractivity contribution < 1.29 is 13.6 Å². The van der Waals surface area contributed by atoms with E-state index in [0.29, 0.717) is 23.0 Å². The van der Waals surface area contributed by atoms with Gasteiger partial charge in [0.05, 0.1) is 17.5 Å². The number of nitrogens with one attached hydrogen (secondary N) is 1. The predicted octanol–water partition coefficient (Wildman–Crippen LogP) is 2.56. The van der Waals surface area contributed by atoms with Gasteiger partial charge in [0.1, 0.15) is 6.01 Å². The Hall–Kier alpha value is -1.23. The molecule has 0 aliphatic rings. The first kappa shape index (κ1) is 8.37. The Kier molecular flexibility index (Phi) is 2.10. The molecule has 2 aromatic rings. The maximum absolute atomic E-state index is 11.8. The Morgan fingerprint density at radius 1 is 1.69 bits per heavy atom. The summed E-state index contributed by atoms with van der Waals surface area (Å²) in [5.41, 5.74) is 1.74. The molecular weight excluding hydrogens is 193 g/mol. The fourth-order valence-corrected chi connectivity index (χ4v) is 1.45. The van der Waals surface area contributed by atoms with Gasteiger partial charge in [-0.1, -0.05) is 0 Å². The Morgan fingerprint density at radius 2 is 2.54 bits per heavy atom. The van der Waals surface area contributed by atoms with Crippen LogP contribution in [0.4, 0.5) is 4.39 Å². The van der Waals surface area contributed by atoms with Crippen molar-refractivity contribution >= 4 is 28.0 Å². The zero-order valence-electron chi connectivity index (χ0n) is 6.54. The topological polar surface area (TPSA) is 46.0 Å². The van der Waals surface area contributed by atoms with Gasteiger partial charge in [-0.25, -0.2) is 4.39 Å². The summed E-state index contributed by atoms with van der Waals surface area (Å²) < 4.78 is 16.9. The molecule has 2 heterocycles. The molecule has 0 aliphatic carbocycles. The van der Waals surface area contributed by atoms with Crippen molar-refractivity contribution in [3.63, 3.8) is 0 Å². The molecule has 0 radical (unpaired) electrons. The molecule has 0 bridgehead atoms. The SMILES string of the molecule is O=C(SCF)c1cc2occc2[nH]1. The number of halogens is 1. The summed E-state index contributed by atoms with van der Waals surface area (Å²) in [5.74, 6) is 0. The van der Waals surface area contributed by atoms with E-state index >= 15 is 0 Å². The lowest BCUT2D eigenvalue weighted by molar-refractivity contribution is 0.108. The number of alkyl halides is 1. The normalized spacial score (nSPS) is 10.8. The van der Waals surface area contributed by atoms with Crippen molar-refractivity contribution in [2.24, 2.45) is 0 Å². The molecule has 0 saturated heterocycles. The fourth-order valence-electron chi connectivity index (χ4n) is 1.09. The minimum Gasteiger partial charge on any atom is -0.463 e. The van der Waals surface area contributed by atoms with Gasteiger partial charge in [0.25, 0.3) is 0 Å². The molecule has 2 rings (SSSR count). The van der Waals surface area contributed by atoms with Crippen molar-refractivity contribution in [1.82, 2.24) is 4.98 Å². The molecule has 1 N–H and O–H groups in total. The molecule has 0 unspecified atom stereocenters. The highest BCUT2D eigenvalue weighted by molar-refractivity contribution is 8.14. The van der Waals surface area contributed by atoms with Gasteiger partial charge in [0.15, 0.2) is 5.58 Å².